The van der Waals surface area contributed by atoms with Gasteiger partial charge < -0.3 is 15.0 Å². The van der Waals surface area contributed by atoms with Crippen molar-refractivity contribution in [3.8, 4) is 11.8 Å². The molecular weight excluding hydrogens is 573 g/mol. The molecule has 1 unspecified atom stereocenters. The van der Waals surface area contributed by atoms with E-state index in [4.69, 9.17) is 10.00 Å². The predicted octanol–water partition coefficient (Wildman–Crippen LogP) is 4.87. The van der Waals surface area contributed by atoms with Crippen molar-refractivity contribution in [3.05, 3.63) is 94.6 Å². The molecule has 0 spiro atoms. The maximum atomic E-state index is 14.1. The van der Waals surface area contributed by atoms with Gasteiger partial charge in [0.1, 0.15) is 23.3 Å². The average Bonchev–Trinajstić information content (AvgIpc) is 3.05. The highest BCUT2D eigenvalue weighted by Crippen LogP contribution is 2.31. The number of Topliss-reactive ketones (excluding diaryl/α,β-unsaturated/α-hetero) is 1. The molecule has 2 saturated heterocycles. The molecule has 45 heavy (non-hydrogen) atoms. The van der Waals surface area contributed by atoms with Gasteiger partial charge in [0.2, 0.25) is 0 Å². The van der Waals surface area contributed by atoms with Crippen LogP contribution in [-0.4, -0.2) is 71.7 Å². The molecule has 1 aromatic heterocycles. The van der Waals surface area contributed by atoms with Gasteiger partial charge >= 0.3 is 0 Å². The summed E-state index contributed by atoms with van der Waals surface area (Å²) >= 11 is 0. The van der Waals surface area contributed by atoms with Crippen molar-refractivity contribution in [2.75, 3.05) is 33.3 Å². The van der Waals surface area contributed by atoms with Gasteiger partial charge in [0.25, 0.3) is 11.8 Å². The number of ether oxygens (including phenoxy) is 1. The number of nitrogens with zero attached hydrogens (tertiary/aromatic N) is 4. The average molecular weight is 612 g/mol. The Morgan fingerprint density at radius 1 is 1.02 bits per heavy atom. The van der Waals surface area contributed by atoms with Crippen LogP contribution in [0, 0.1) is 28.5 Å². The second kappa shape index (κ2) is 13.6. The van der Waals surface area contributed by atoms with Gasteiger partial charge in [-0.3, -0.25) is 24.3 Å². The van der Waals surface area contributed by atoms with Crippen molar-refractivity contribution in [2.24, 2.45) is 11.3 Å². The van der Waals surface area contributed by atoms with Gasteiger partial charge in [-0.15, -0.1) is 0 Å². The van der Waals surface area contributed by atoms with E-state index in [0.29, 0.717) is 55.9 Å². The summed E-state index contributed by atoms with van der Waals surface area (Å²) in [6.45, 7) is 7.10. The number of carbonyl (C=O) groups is 3. The molecule has 2 aromatic carbocycles. The number of pyridine rings is 1. The fourth-order valence-electron chi connectivity index (χ4n) is 6.27. The SMILES string of the molecule is COc1ccc(C(=O)C2CCN(C(=O)c3ccc(C(=O)NC4CCN(Cc5ccc(C#N)c(F)c5)CC4(C)C)cn3)CC2)cc1. The van der Waals surface area contributed by atoms with E-state index in [0.717, 1.165) is 18.5 Å². The lowest BCUT2D eigenvalue weighted by Gasteiger charge is -2.44. The summed E-state index contributed by atoms with van der Waals surface area (Å²) in [6.07, 6.45) is 3.31. The standard InChI is InChI=1S/C35H38FN5O4/c1-35(2)22-40(21-23-4-5-26(19-37)29(36)18-23)15-14-31(35)39-33(43)27-8-11-30(38-20-27)34(44)41-16-12-25(13-17-41)32(42)24-6-9-28(45-3)10-7-24/h4-11,18,20,25,31H,12-17,21-22H2,1-3H3,(H,39,43). The van der Waals surface area contributed by atoms with Crippen LogP contribution >= 0.6 is 0 Å². The Labute approximate surface area is 263 Å². The van der Waals surface area contributed by atoms with Crippen LogP contribution in [0.5, 0.6) is 5.75 Å². The number of aromatic nitrogens is 1. The number of ketones is 1. The van der Waals surface area contributed by atoms with E-state index < -0.39 is 5.82 Å². The molecule has 234 valence electrons. The lowest BCUT2D eigenvalue weighted by atomic mass is 9.78. The van der Waals surface area contributed by atoms with E-state index in [2.05, 4.69) is 29.0 Å². The minimum absolute atomic E-state index is 0.0337. The fraction of sp³-hybridized carbons (Fsp3) is 0.400. The molecule has 3 heterocycles. The van der Waals surface area contributed by atoms with Gasteiger partial charge in [-0.2, -0.15) is 5.26 Å². The summed E-state index contributed by atoms with van der Waals surface area (Å²) in [5, 5.41) is 12.1. The highest BCUT2D eigenvalue weighted by molar-refractivity contribution is 5.99. The maximum absolute atomic E-state index is 14.1. The van der Waals surface area contributed by atoms with Crippen LogP contribution in [-0.2, 0) is 6.54 Å². The number of piperidine rings is 2. The Balaban J connectivity index is 1.11. The molecule has 10 heteroatoms. The van der Waals surface area contributed by atoms with Gasteiger partial charge in [0.05, 0.1) is 18.2 Å². The summed E-state index contributed by atoms with van der Waals surface area (Å²) < 4.78 is 19.2. The molecule has 1 atom stereocenters. The number of methoxy groups -OCH3 is 1. The van der Waals surface area contributed by atoms with E-state index in [9.17, 15) is 18.8 Å². The smallest absolute Gasteiger partial charge is 0.272 e. The van der Waals surface area contributed by atoms with Crippen molar-refractivity contribution < 1.29 is 23.5 Å². The van der Waals surface area contributed by atoms with Crippen LogP contribution < -0.4 is 10.1 Å². The molecular formula is C35H38FN5O4. The molecule has 9 nitrogen and oxygen atoms in total. The first-order chi connectivity index (χ1) is 21.6. The van der Waals surface area contributed by atoms with Gasteiger partial charge in [0.15, 0.2) is 5.78 Å². The first kappa shape index (κ1) is 31.8. The lowest BCUT2D eigenvalue weighted by Crippen LogP contribution is -2.55. The lowest BCUT2D eigenvalue weighted by molar-refractivity contribution is 0.0614. The van der Waals surface area contributed by atoms with E-state index in [1.54, 1.807) is 54.5 Å². The zero-order valence-electron chi connectivity index (χ0n) is 25.9. The predicted molar refractivity (Wildman–Crippen MR) is 166 cm³/mol. The zero-order valence-corrected chi connectivity index (χ0v) is 25.9. The zero-order chi connectivity index (χ0) is 32.1. The number of carbonyl (C=O) groups excluding carboxylic acids is 3. The molecule has 5 rings (SSSR count). The van der Waals surface area contributed by atoms with Crippen LogP contribution in [0.3, 0.4) is 0 Å². The molecule has 2 amide bonds. The van der Waals surface area contributed by atoms with Gasteiger partial charge in [-0.1, -0.05) is 19.9 Å². The monoisotopic (exact) mass is 611 g/mol. The summed E-state index contributed by atoms with van der Waals surface area (Å²) in [5.41, 5.74) is 1.87. The number of hydrogen-bond acceptors (Lipinski definition) is 7. The Kier molecular flexibility index (Phi) is 9.59. The molecule has 0 aliphatic carbocycles. The van der Waals surface area contributed by atoms with E-state index in [-0.39, 0.29) is 46.2 Å². The summed E-state index contributed by atoms with van der Waals surface area (Å²) in [7, 11) is 1.58. The van der Waals surface area contributed by atoms with Crippen molar-refractivity contribution in [2.45, 2.75) is 45.7 Å². The molecule has 0 saturated carbocycles. The number of nitrogens with one attached hydrogen (secondary N) is 1. The maximum Gasteiger partial charge on any atom is 0.272 e. The van der Waals surface area contributed by atoms with E-state index in [1.807, 2.05) is 6.07 Å². The highest BCUT2D eigenvalue weighted by atomic mass is 19.1. The Hall–Kier alpha value is -4.62. The normalized spacial score (nSPS) is 18.6. The van der Waals surface area contributed by atoms with Gasteiger partial charge in [0, 0.05) is 56.4 Å². The second-order valence-corrected chi connectivity index (χ2v) is 12.5. The minimum atomic E-state index is -0.514. The number of amides is 2. The van der Waals surface area contributed by atoms with Crippen molar-refractivity contribution in [1.29, 1.82) is 5.26 Å². The number of hydrogen-bond donors (Lipinski definition) is 1. The molecule has 2 fully saturated rings. The first-order valence-electron chi connectivity index (χ1n) is 15.2. The Bertz CT molecular complexity index is 1590. The number of rotatable bonds is 8. The third-order valence-electron chi connectivity index (χ3n) is 8.95. The largest absolute Gasteiger partial charge is 0.497 e. The van der Waals surface area contributed by atoms with E-state index >= 15 is 0 Å². The molecule has 0 bridgehead atoms. The fourth-order valence-corrected chi connectivity index (χ4v) is 6.27. The Morgan fingerprint density at radius 3 is 2.33 bits per heavy atom. The summed E-state index contributed by atoms with van der Waals surface area (Å²) in [6, 6.07) is 16.7. The van der Waals surface area contributed by atoms with Crippen LogP contribution in [0.25, 0.3) is 0 Å². The molecule has 3 aromatic rings. The number of nitriles is 1. The molecule has 2 aliphatic rings. The summed E-state index contributed by atoms with van der Waals surface area (Å²) in [5.74, 6) is -0.345. The first-order valence-corrected chi connectivity index (χ1v) is 15.2. The second-order valence-electron chi connectivity index (χ2n) is 12.5. The third-order valence-corrected chi connectivity index (χ3v) is 8.95. The topological polar surface area (TPSA) is 116 Å². The number of likely N-dealkylation sites (tertiary alicyclic amines) is 2. The number of halogens is 1. The molecule has 0 radical (unpaired) electrons. The molecule has 1 N–H and O–H groups in total. The third kappa shape index (κ3) is 7.37. The van der Waals surface area contributed by atoms with Crippen LogP contribution in [0.15, 0.2) is 60.8 Å². The van der Waals surface area contributed by atoms with Crippen molar-refractivity contribution in [1.82, 2.24) is 20.1 Å². The van der Waals surface area contributed by atoms with Crippen molar-refractivity contribution in [3.63, 3.8) is 0 Å². The van der Waals surface area contributed by atoms with Crippen molar-refractivity contribution >= 4 is 17.6 Å². The highest BCUT2D eigenvalue weighted by Gasteiger charge is 2.37. The van der Waals surface area contributed by atoms with Gasteiger partial charge in [-0.25, -0.2) is 4.39 Å². The molecule has 2 aliphatic heterocycles. The van der Waals surface area contributed by atoms with Crippen LogP contribution in [0.2, 0.25) is 0 Å². The van der Waals surface area contributed by atoms with Crippen LogP contribution in [0.4, 0.5) is 4.39 Å². The van der Waals surface area contributed by atoms with Gasteiger partial charge in [-0.05, 0) is 78.8 Å². The van der Waals surface area contributed by atoms with E-state index in [1.165, 1.54) is 18.3 Å². The van der Waals surface area contributed by atoms with Crippen LogP contribution in [0.1, 0.15) is 75.4 Å². The minimum Gasteiger partial charge on any atom is -0.497 e. The number of benzene rings is 2. The quantitative estimate of drug-likeness (QED) is 0.362. The summed E-state index contributed by atoms with van der Waals surface area (Å²) in [4.78, 5) is 47.5. The Morgan fingerprint density at radius 2 is 1.73 bits per heavy atom.